The summed E-state index contributed by atoms with van der Waals surface area (Å²) in [6.45, 7) is -0.0610. The van der Waals surface area contributed by atoms with Crippen LogP contribution in [0.1, 0.15) is 5.01 Å². The topological polar surface area (TPSA) is 81.1 Å². The number of anilines is 1. The SMILES string of the molecule is O=C(Cn1ccc2cccc(F)c21)Nc1ccc(S(=O)(=O)Cc2nccs2)cc1. The molecular formula is C20H16FN3O3S2. The third-order valence-electron chi connectivity index (χ3n) is 4.35. The highest BCUT2D eigenvalue weighted by Gasteiger charge is 2.17. The molecule has 1 N–H and O–H groups in total. The molecule has 0 saturated heterocycles. The summed E-state index contributed by atoms with van der Waals surface area (Å²) in [4.78, 5) is 16.5. The average Bonchev–Trinajstić information content (AvgIpc) is 3.32. The number of benzene rings is 2. The number of halogens is 1. The lowest BCUT2D eigenvalue weighted by Crippen LogP contribution is -2.18. The van der Waals surface area contributed by atoms with Gasteiger partial charge in [-0.3, -0.25) is 4.79 Å². The fraction of sp³-hybridized carbons (Fsp3) is 0.100. The molecular weight excluding hydrogens is 413 g/mol. The van der Waals surface area contributed by atoms with Crippen molar-refractivity contribution < 1.29 is 17.6 Å². The second kappa shape index (κ2) is 7.76. The highest BCUT2D eigenvalue weighted by molar-refractivity contribution is 7.90. The molecule has 4 rings (SSSR count). The van der Waals surface area contributed by atoms with Gasteiger partial charge in [-0.1, -0.05) is 12.1 Å². The van der Waals surface area contributed by atoms with Gasteiger partial charge < -0.3 is 9.88 Å². The molecule has 0 radical (unpaired) electrons. The smallest absolute Gasteiger partial charge is 0.244 e. The lowest BCUT2D eigenvalue weighted by atomic mass is 10.2. The molecule has 0 aliphatic rings. The number of sulfone groups is 1. The first-order chi connectivity index (χ1) is 13.9. The predicted molar refractivity (Wildman–Crippen MR) is 110 cm³/mol. The van der Waals surface area contributed by atoms with Crippen molar-refractivity contribution in [2.75, 3.05) is 5.32 Å². The zero-order chi connectivity index (χ0) is 20.4. The van der Waals surface area contributed by atoms with E-state index >= 15 is 0 Å². The number of carbonyl (C=O) groups excluding carboxylic acids is 1. The molecule has 0 spiro atoms. The van der Waals surface area contributed by atoms with Gasteiger partial charge in [0.05, 0.1) is 10.4 Å². The van der Waals surface area contributed by atoms with Crippen LogP contribution in [0.5, 0.6) is 0 Å². The normalized spacial score (nSPS) is 11.6. The van der Waals surface area contributed by atoms with Crippen LogP contribution in [0.2, 0.25) is 0 Å². The van der Waals surface area contributed by atoms with Crippen molar-refractivity contribution >= 4 is 43.7 Å². The fourth-order valence-electron chi connectivity index (χ4n) is 3.02. The van der Waals surface area contributed by atoms with Crippen LogP contribution in [-0.2, 0) is 26.9 Å². The van der Waals surface area contributed by atoms with Gasteiger partial charge in [0.15, 0.2) is 9.84 Å². The maximum absolute atomic E-state index is 14.0. The zero-order valence-corrected chi connectivity index (χ0v) is 16.7. The maximum atomic E-state index is 14.0. The van der Waals surface area contributed by atoms with Gasteiger partial charge >= 0.3 is 0 Å². The van der Waals surface area contributed by atoms with Crippen LogP contribution in [-0.4, -0.2) is 23.9 Å². The third-order valence-corrected chi connectivity index (χ3v) is 6.95. The van der Waals surface area contributed by atoms with E-state index in [1.807, 2.05) is 0 Å². The first-order valence-corrected chi connectivity index (χ1v) is 11.2. The summed E-state index contributed by atoms with van der Waals surface area (Å²) in [5.41, 5.74) is 0.825. The molecule has 2 aromatic carbocycles. The average molecular weight is 429 g/mol. The molecule has 148 valence electrons. The Morgan fingerprint density at radius 2 is 1.93 bits per heavy atom. The first-order valence-electron chi connectivity index (χ1n) is 8.67. The zero-order valence-electron chi connectivity index (χ0n) is 15.1. The van der Waals surface area contributed by atoms with Crippen LogP contribution < -0.4 is 5.32 Å². The summed E-state index contributed by atoms with van der Waals surface area (Å²) in [6, 6.07) is 12.4. The van der Waals surface area contributed by atoms with E-state index in [-0.39, 0.29) is 23.1 Å². The van der Waals surface area contributed by atoms with E-state index in [1.54, 1.807) is 36.0 Å². The van der Waals surface area contributed by atoms with E-state index in [9.17, 15) is 17.6 Å². The molecule has 4 aromatic rings. The standard InChI is InChI=1S/C20H16FN3O3S2/c21-17-3-1-2-14-8-10-24(20(14)17)12-18(25)23-15-4-6-16(7-5-15)29(26,27)13-19-22-9-11-28-19/h1-11H,12-13H2,(H,23,25). The second-order valence-corrected chi connectivity index (χ2v) is 9.35. The highest BCUT2D eigenvalue weighted by Crippen LogP contribution is 2.21. The van der Waals surface area contributed by atoms with E-state index in [0.717, 1.165) is 0 Å². The molecule has 1 amide bonds. The number of hydrogen-bond donors (Lipinski definition) is 1. The number of aromatic nitrogens is 2. The Morgan fingerprint density at radius 3 is 2.66 bits per heavy atom. The van der Waals surface area contributed by atoms with E-state index in [1.165, 1.54) is 46.2 Å². The van der Waals surface area contributed by atoms with Crippen molar-refractivity contribution in [2.24, 2.45) is 0 Å². The molecule has 2 aromatic heterocycles. The summed E-state index contributed by atoms with van der Waals surface area (Å²) in [5, 5.41) is 5.66. The van der Waals surface area contributed by atoms with Gasteiger partial charge in [-0.05, 0) is 36.4 Å². The minimum Gasteiger partial charge on any atom is -0.336 e. The number of carbonyl (C=O) groups is 1. The van der Waals surface area contributed by atoms with Crippen LogP contribution in [0.3, 0.4) is 0 Å². The van der Waals surface area contributed by atoms with Gasteiger partial charge in [-0.15, -0.1) is 11.3 Å². The van der Waals surface area contributed by atoms with Gasteiger partial charge in [-0.25, -0.2) is 17.8 Å². The van der Waals surface area contributed by atoms with E-state index < -0.39 is 15.7 Å². The van der Waals surface area contributed by atoms with Crippen molar-refractivity contribution in [1.29, 1.82) is 0 Å². The number of thiazole rings is 1. The van der Waals surface area contributed by atoms with Gasteiger partial charge in [0.1, 0.15) is 23.1 Å². The van der Waals surface area contributed by atoms with Gasteiger partial charge in [0.2, 0.25) is 5.91 Å². The molecule has 6 nitrogen and oxygen atoms in total. The summed E-state index contributed by atoms with van der Waals surface area (Å²) >= 11 is 1.28. The van der Waals surface area contributed by atoms with Crippen molar-refractivity contribution in [3.63, 3.8) is 0 Å². The van der Waals surface area contributed by atoms with Gasteiger partial charge in [0, 0.05) is 28.8 Å². The van der Waals surface area contributed by atoms with Crippen LogP contribution in [0.4, 0.5) is 10.1 Å². The Labute approximate surface area is 170 Å². The van der Waals surface area contributed by atoms with Crippen LogP contribution in [0.25, 0.3) is 10.9 Å². The monoisotopic (exact) mass is 429 g/mol. The lowest BCUT2D eigenvalue weighted by Gasteiger charge is -2.09. The number of para-hydroxylation sites is 1. The number of nitrogens with zero attached hydrogens (tertiary/aromatic N) is 2. The van der Waals surface area contributed by atoms with Crippen molar-refractivity contribution in [3.05, 3.63) is 77.1 Å². The number of nitrogens with one attached hydrogen (secondary N) is 1. The van der Waals surface area contributed by atoms with E-state index in [2.05, 4.69) is 10.3 Å². The van der Waals surface area contributed by atoms with Crippen molar-refractivity contribution in [2.45, 2.75) is 17.2 Å². The Hall–Kier alpha value is -3.04. The Bertz CT molecular complexity index is 1260. The molecule has 0 bridgehead atoms. The van der Waals surface area contributed by atoms with Gasteiger partial charge in [0.25, 0.3) is 0 Å². The Kier molecular flexibility index (Phi) is 5.16. The molecule has 0 fully saturated rings. The largest absolute Gasteiger partial charge is 0.336 e. The van der Waals surface area contributed by atoms with Crippen LogP contribution in [0, 0.1) is 5.82 Å². The second-order valence-electron chi connectivity index (χ2n) is 6.38. The van der Waals surface area contributed by atoms with E-state index in [4.69, 9.17) is 0 Å². The first kappa shape index (κ1) is 19.3. The highest BCUT2D eigenvalue weighted by atomic mass is 32.2. The number of amides is 1. The molecule has 29 heavy (non-hydrogen) atoms. The molecule has 0 saturated carbocycles. The molecule has 0 atom stereocenters. The maximum Gasteiger partial charge on any atom is 0.244 e. The summed E-state index contributed by atoms with van der Waals surface area (Å²) in [6.07, 6.45) is 3.22. The van der Waals surface area contributed by atoms with Crippen LogP contribution >= 0.6 is 11.3 Å². The third kappa shape index (κ3) is 4.20. The lowest BCUT2D eigenvalue weighted by molar-refractivity contribution is -0.116. The van der Waals surface area contributed by atoms with Gasteiger partial charge in [-0.2, -0.15) is 0 Å². The van der Waals surface area contributed by atoms with Crippen molar-refractivity contribution in [1.82, 2.24) is 9.55 Å². The number of hydrogen-bond acceptors (Lipinski definition) is 5. The minimum absolute atomic E-state index is 0.0610. The number of fused-ring (bicyclic) bond motifs is 1. The molecule has 0 unspecified atom stereocenters. The van der Waals surface area contributed by atoms with E-state index in [0.29, 0.717) is 21.6 Å². The minimum atomic E-state index is -3.51. The molecule has 2 heterocycles. The number of rotatable bonds is 6. The quantitative estimate of drug-likeness (QED) is 0.505. The summed E-state index contributed by atoms with van der Waals surface area (Å²) < 4.78 is 40.5. The Morgan fingerprint density at radius 1 is 1.14 bits per heavy atom. The molecule has 9 heteroatoms. The van der Waals surface area contributed by atoms with Crippen molar-refractivity contribution in [3.8, 4) is 0 Å². The predicted octanol–water partition coefficient (Wildman–Crippen LogP) is 3.85. The molecule has 0 aliphatic carbocycles. The molecule has 0 aliphatic heterocycles. The summed E-state index contributed by atoms with van der Waals surface area (Å²) in [5.74, 6) is -0.901. The summed E-state index contributed by atoms with van der Waals surface area (Å²) in [7, 11) is -3.51. The van der Waals surface area contributed by atoms with Crippen LogP contribution in [0.15, 0.2) is 71.2 Å². The fourth-order valence-corrected chi connectivity index (χ4v) is 5.27. The Balaban J connectivity index is 1.45.